The van der Waals surface area contributed by atoms with E-state index >= 15 is 0 Å². The Kier molecular flexibility index (Phi) is 7.86. The maximum Gasteiger partial charge on any atom is 1.00 e. The van der Waals surface area contributed by atoms with E-state index in [1.54, 1.807) is 36.4 Å². The van der Waals surface area contributed by atoms with Gasteiger partial charge >= 0.3 is 35.3 Å². The monoisotopic (exact) mass is 464 g/mol. The van der Waals surface area contributed by atoms with Crippen LogP contribution in [0.1, 0.15) is 11.1 Å². The summed E-state index contributed by atoms with van der Waals surface area (Å²) in [4.78, 5) is 25.6. The Balaban J connectivity index is 0.00000272. The van der Waals surface area contributed by atoms with Crippen molar-refractivity contribution in [3.8, 4) is 16.9 Å². The van der Waals surface area contributed by atoms with Crippen LogP contribution in [0.15, 0.2) is 80.8 Å². The fourth-order valence-corrected chi connectivity index (χ4v) is 3.62. The van der Waals surface area contributed by atoms with Crippen molar-refractivity contribution in [2.24, 2.45) is 0 Å². The van der Waals surface area contributed by atoms with Crippen molar-refractivity contribution in [1.82, 2.24) is 9.72 Å². The van der Waals surface area contributed by atoms with Crippen LogP contribution in [0.3, 0.4) is 0 Å². The molecule has 0 saturated heterocycles. The molecule has 3 aromatic carbocycles. The summed E-state index contributed by atoms with van der Waals surface area (Å²) in [6.07, 6.45) is 0. The Morgan fingerprint density at radius 3 is 2.23 bits per heavy atom. The van der Waals surface area contributed by atoms with E-state index in [0.717, 1.165) is 27.0 Å². The second-order valence-electron chi connectivity index (χ2n) is 6.52. The molecule has 0 aliphatic heterocycles. The summed E-state index contributed by atoms with van der Waals surface area (Å²) in [6.45, 7) is 0.478. The molecule has 1 aromatic heterocycles. The summed E-state index contributed by atoms with van der Waals surface area (Å²) in [5.41, 5.74) is 2.73. The van der Waals surface area contributed by atoms with Gasteiger partial charge in [0.05, 0.1) is 0 Å². The Morgan fingerprint density at radius 1 is 0.903 bits per heavy atom. The van der Waals surface area contributed by atoms with E-state index in [1.807, 2.05) is 30.3 Å². The van der Waals surface area contributed by atoms with Crippen LogP contribution in [0.2, 0.25) is 10.0 Å². The van der Waals surface area contributed by atoms with Gasteiger partial charge in [-0.2, -0.15) is 0 Å². The van der Waals surface area contributed by atoms with Crippen LogP contribution < -0.4 is 50.7 Å². The van der Waals surface area contributed by atoms with Gasteiger partial charge in [-0.05, 0) is 47.0 Å². The van der Waals surface area contributed by atoms with Gasteiger partial charge in [-0.25, -0.2) is 4.79 Å². The van der Waals surface area contributed by atoms with Crippen LogP contribution in [-0.4, -0.2) is 4.74 Å². The van der Waals surface area contributed by atoms with Crippen LogP contribution in [0.25, 0.3) is 11.1 Å². The van der Waals surface area contributed by atoms with Gasteiger partial charge in [-0.3, -0.25) is 9.53 Å². The first-order chi connectivity index (χ1) is 14.5. The van der Waals surface area contributed by atoms with Gasteiger partial charge < -0.3 is 14.2 Å². The molecule has 0 aliphatic carbocycles. The minimum atomic E-state index is -0.903. The zero-order valence-corrected chi connectivity index (χ0v) is 20.1. The summed E-state index contributed by atoms with van der Waals surface area (Å²) < 4.78 is 11.5. The van der Waals surface area contributed by atoms with E-state index in [0.29, 0.717) is 22.4 Å². The molecule has 0 fully saturated rings. The molecular formula is C22H15Cl2N2NaO4. The van der Waals surface area contributed by atoms with Gasteiger partial charge in [0, 0.05) is 22.2 Å². The molecule has 0 saturated carbocycles. The van der Waals surface area contributed by atoms with E-state index < -0.39 is 11.4 Å². The smallest absolute Gasteiger partial charge is 0.489 e. The Morgan fingerprint density at radius 2 is 1.58 bits per heavy atom. The largest absolute Gasteiger partial charge is 1.00 e. The van der Waals surface area contributed by atoms with Crippen molar-refractivity contribution < 1.29 is 38.8 Å². The van der Waals surface area contributed by atoms with E-state index in [1.165, 1.54) is 0 Å². The van der Waals surface area contributed by atoms with Crippen molar-refractivity contribution in [3.63, 3.8) is 0 Å². The fraction of sp³-hybridized carbons (Fsp3) is 0.0909. The molecule has 0 amide bonds. The Hall–Kier alpha value is -2.22. The van der Waals surface area contributed by atoms with Gasteiger partial charge in [-0.1, -0.05) is 59.6 Å². The summed E-state index contributed by atoms with van der Waals surface area (Å²) in [5, 5.41) is 1.18. The normalized spacial score (nSPS) is 10.5. The van der Waals surface area contributed by atoms with E-state index in [2.05, 4.69) is 4.98 Å². The molecular weight excluding hydrogens is 450 g/mol. The molecule has 0 unspecified atom stereocenters. The van der Waals surface area contributed by atoms with E-state index in [9.17, 15) is 9.59 Å². The molecule has 152 valence electrons. The van der Waals surface area contributed by atoms with Crippen molar-refractivity contribution in [1.29, 1.82) is 0 Å². The van der Waals surface area contributed by atoms with Crippen molar-refractivity contribution >= 4 is 23.2 Å². The number of hydrogen-bond acceptors (Lipinski definition) is 4. The molecule has 4 aromatic rings. The van der Waals surface area contributed by atoms with Gasteiger partial charge in [0.2, 0.25) is 0 Å². The van der Waals surface area contributed by atoms with Crippen LogP contribution in [-0.2, 0) is 13.2 Å². The first-order valence-electron chi connectivity index (χ1n) is 9.00. The second kappa shape index (κ2) is 10.4. The first kappa shape index (κ1) is 23.4. The first-order valence-corrected chi connectivity index (χ1v) is 9.75. The number of hydrogen-bond donors (Lipinski definition) is 0. The van der Waals surface area contributed by atoms with Crippen LogP contribution in [0.4, 0.5) is 0 Å². The zero-order chi connectivity index (χ0) is 21.1. The predicted octanol–water partition coefficient (Wildman–Crippen LogP) is 1.36. The fourth-order valence-electron chi connectivity index (χ4n) is 3.00. The predicted molar refractivity (Wildman–Crippen MR) is 114 cm³/mol. The number of benzene rings is 3. The average Bonchev–Trinajstić information content (AvgIpc) is 3.04. The number of halogens is 2. The van der Waals surface area contributed by atoms with Crippen molar-refractivity contribution in [3.05, 3.63) is 109 Å². The molecule has 0 radical (unpaired) electrons. The quantitative estimate of drug-likeness (QED) is 0.402. The maximum absolute atomic E-state index is 11.5. The molecule has 6 nitrogen and oxygen atoms in total. The molecule has 0 atom stereocenters. The average molecular weight is 465 g/mol. The topological polar surface area (TPSA) is 75.5 Å². The third kappa shape index (κ3) is 5.73. The van der Waals surface area contributed by atoms with Gasteiger partial charge in [0.1, 0.15) is 12.4 Å². The van der Waals surface area contributed by atoms with E-state index in [-0.39, 0.29) is 36.1 Å². The molecule has 31 heavy (non-hydrogen) atoms. The minimum absolute atomic E-state index is 0. The zero-order valence-electron chi connectivity index (χ0n) is 16.5. The molecule has 4 rings (SSSR count). The number of rotatable bonds is 6. The third-order valence-corrected chi connectivity index (χ3v) is 5.05. The molecule has 9 heteroatoms. The number of ether oxygens (including phenoxy) is 1. The Labute approximate surface area is 209 Å². The maximum atomic E-state index is 11.5. The van der Waals surface area contributed by atoms with Crippen molar-refractivity contribution in [2.75, 3.05) is 0 Å². The SMILES string of the molecule is O=c1[n-]c(=O)n(Cc2ccc(OCc3cccc(-c4c(Cl)cccc4Cl)c3)cc2)o1.[Na+]. The molecule has 0 aliphatic rings. The van der Waals surface area contributed by atoms with Crippen LogP contribution >= 0.6 is 23.2 Å². The van der Waals surface area contributed by atoms with Crippen LogP contribution in [0.5, 0.6) is 5.75 Å². The van der Waals surface area contributed by atoms with E-state index in [4.69, 9.17) is 32.5 Å². The molecule has 0 N–H and O–H groups in total. The molecule has 0 bridgehead atoms. The minimum Gasteiger partial charge on any atom is -0.489 e. The summed E-state index contributed by atoms with van der Waals surface area (Å²) in [5.74, 6) is -0.241. The second-order valence-corrected chi connectivity index (χ2v) is 7.33. The standard InChI is InChI=1S/C22H16Cl2N2O4.Na/c23-18-5-2-6-19(24)20(18)16-4-1-3-15(11-16)13-29-17-9-7-14(8-10-17)12-26-21(27)25-22(28)30-26;/h1-11H,12-13H2,(H,25,27,28);/q;+1/p-1. The van der Waals surface area contributed by atoms with Crippen molar-refractivity contribution in [2.45, 2.75) is 13.2 Å². The third-order valence-electron chi connectivity index (χ3n) is 4.42. The number of aromatic nitrogens is 2. The summed E-state index contributed by atoms with van der Waals surface area (Å²) >= 11 is 12.6. The summed E-state index contributed by atoms with van der Waals surface area (Å²) in [6, 6.07) is 20.4. The summed E-state index contributed by atoms with van der Waals surface area (Å²) in [7, 11) is 0. The molecule has 1 heterocycles. The Bertz CT molecular complexity index is 1280. The van der Waals surface area contributed by atoms with Gasteiger partial charge in [-0.15, -0.1) is 0 Å². The van der Waals surface area contributed by atoms with Gasteiger partial charge in [0.15, 0.2) is 5.69 Å². The van der Waals surface area contributed by atoms with Crippen LogP contribution in [0, 0.1) is 0 Å². The molecule has 0 spiro atoms. The van der Waals surface area contributed by atoms with Gasteiger partial charge in [0.25, 0.3) is 0 Å². The number of nitrogens with zero attached hydrogens (tertiary/aromatic N) is 2.